The summed E-state index contributed by atoms with van der Waals surface area (Å²) >= 11 is 1.49. The van der Waals surface area contributed by atoms with Crippen molar-refractivity contribution in [1.29, 1.82) is 0 Å². The lowest BCUT2D eigenvalue weighted by Crippen LogP contribution is -2.31. The number of carbonyl (C=O) groups excluding carboxylic acids is 1. The monoisotopic (exact) mass is 226 g/mol. The number of furan rings is 1. The van der Waals surface area contributed by atoms with E-state index >= 15 is 0 Å². The second-order valence-corrected chi connectivity index (χ2v) is 4.43. The van der Waals surface area contributed by atoms with E-state index in [4.69, 9.17) is 10.2 Å². The number of hydrogen-bond acceptors (Lipinski definition) is 4. The van der Waals surface area contributed by atoms with Crippen molar-refractivity contribution in [2.75, 3.05) is 19.3 Å². The molecule has 0 aliphatic carbocycles. The molecule has 0 saturated carbocycles. The van der Waals surface area contributed by atoms with Gasteiger partial charge in [0.15, 0.2) is 10.9 Å². The molecule has 1 fully saturated rings. The van der Waals surface area contributed by atoms with Crippen LogP contribution in [0.4, 0.5) is 0 Å². The lowest BCUT2D eigenvalue weighted by atomic mass is 10.3. The van der Waals surface area contributed by atoms with Gasteiger partial charge in [-0.2, -0.15) is 0 Å². The molecule has 4 nitrogen and oxygen atoms in total. The Hall–Kier alpha value is -0.940. The summed E-state index contributed by atoms with van der Waals surface area (Å²) in [6.45, 7) is 1.36. The van der Waals surface area contributed by atoms with Crippen LogP contribution in [0.25, 0.3) is 0 Å². The van der Waals surface area contributed by atoms with Crippen LogP contribution >= 0.6 is 11.8 Å². The van der Waals surface area contributed by atoms with Crippen molar-refractivity contribution < 1.29 is 9.21 Å². The minimum absolute atomic E-state index is 0.0525. The van der Waals surface area contributed by atoms with Crippen LogP contribution in [0.3, 0.4) is 0 Å². The third kappa shape index (κ3) is 2.18. The summed E-state index contributed by atoms with van der Waals surface area (Å²) in [5.41, 5.74) is 5.74. The molecule has 5 heteroatoms. The van der Waals surface area contributed by atoms with E-state index in [1.165, 1.54) is 11.8 Å². The zero-order valence-corrected chi connectivity index (χ0v) is 9.42. The minimum Gasteiger partial charge on any atom is -0.445 e. The summed E-state index contributed by atoms with van der Waals surface area (Å²) in [7, 11) is 0. The predicted octanol–water partition coefficient (Wildman–Crippen LogP) is 1.17. The molecule has 2 heterocycles. The molecule has 0 unspecified atom stereocenters. The SMILES string of the molecule is CSc1ccc(C(=O)N2CC[C@H](N)C2)o1. The highest BCUT2D eigenvalue weighted by molar-refractivity contribution is 7.98. The second-order valence-electron chi connectivity index (χ2n) is 3.62. The van der Waals surface area contributed by atoms with E-state index < -0.39 is 0 Å². The molecule has 1 aromatic rings. The fourth-order valence-corrected chi connectivity index (χ4v) is 2.05. The van der Waals surface area contributed by atoms with E-state index in [0.29, 0.717) is 12.3 Å². The first-order valence-electron chi connectivity index (χ1n) is 4.89. The molecule has 0 aromatic carbocycles. The maximum atomic E-state index is 11.9. The van der Waals surface area contributed by atoms with Gasteiger partial charge in [-0.15, -0.1) is 0 Å². The third-order valence-electron chi connectivity index (χ3n) is 2.51. The van der Waals surface area contributed by atoms with Crippen LogP contribution in [0.5, 0.6) is 0 Å². The van der Waals surface area contributed by atoms with Crippen molar-refractivity contribution in [3.8, 4) is 0 Å². The summed E-state index contributed by atoms with van der Waals surface area (Å²) in [5.74, 6) is 0.358. The van der Waals surface area contributed by atoms with Gasteiger partial charge in [-0.3, -0.25) is 4.79 Å². The fourth-order valence-electron chi connectivity index (χ4n) is 1.67. The smallest absolute Gasteiger partial charge is 0.289 e. The summed E-state index contributed by atoms with van der Waals surface area (Å²) in [6, 6.07) is 3.65. The van der Waals surface area contributed by atoms with Gasteiger partial charge in [0, 0.05) is 19.1 Å². The Morgan fingerprint density at radius 2 is 2.47 bits per heavy atom. The summed E-state index contributed by atoms with van der Waals surface area (Å²) in [5, 5.41) is 0.766. The molecule has 1 aliphatic rings. The molecule has 1 aromatic heterocycles. The second kappa shape index (κ2) is 4.28. The van der Waals surface area contributed by atoms with Gasteiger partial charge in [0.25, 0.3) is 5.91 Å². The number of amides is 1. The van der Waals surface area contributed by atoms with Gasteiger partial charge < -0.3 is 15.1 Å². The van der Waals surface area contributed by atoms with Gasteiger partial charge in [0.2, 0.25) is 0 Å². The van der Waals surface area contributed by atoms with Crippen molar-refractivity contribution in [3.05, 3.63) is 17.9 Å². The first-order chi connectivity index (χ1) is 7.20. The van der Waals surface area contributed by atoms with E-state index in [-0.39, 0.29) is 11.9 Å². The Labute approximate surface area is 92.8 Å². The van der Waals surface area contributed by atoms with Crippen LogP contribution in [0.1, 0.15) is 17.0 Å². The van der Waals surface area contributed by atoms with E-state index in [9.17, 15) is 4.79 Å². The lowest BCUT2D eigenvalue weighted by molar-refractivity contribution is 0.0754. The maximum Gasteiger partial charge on any atom is 0.289 e. The minimum atomic E-state index is -0.0525. The zero-order chi connectivity index (χ0) is 10.8. The van der Waals surface area contributed by atoms with E-state index in [1.54, 1.807) is 11.0 Å². The highest BCUT2D eigenvalue weighted by atomic mass is 32.2. The predicted molar refractivity (Wildman–Crippen MR) is 59.0 cm³/mol. The first kappa shape index (κ1) is 10.6. The van der Waals surface area contributed by atoms with Crippen LogP contribution in [-0.4, -0.2) is 36.2 Å². The largest absolute Gasteiger partial charge is 0.445 e. The maximum absolute atomic E-state index is 11.9. The quantitative estimate of drug-likeness (QED) is 0.769. The molecule has 1 atom stereocenters. The number of hydrogen-bond donors (Lipinski definition) is 1. The third-order valence-corrected chi connectivity index (χ3v) is 3.13. The Balaban J connectivity index is 2.07. The molecule has 1 amide bonds. The molecule has 0 radical (unpaired) electrons. The number of nitrogens with zero attached hydrogens (tertiary/aromatic N) is 1. The molecule has 2 rings (SSSR count). The highest BCUT2D eigenvalue weighted by Crippen LogP contribution is 2.20. The van der Waals surface area contributed by atoms with Crippen LogP contribution in [-0.2, 0) is 0 Å². The van der Waals surface area contributed by atoms with Crippen molar-refractivity contribution in [3.63, 3.8) is 0 Å². The van der Waals surface area contributed by atoms with Crippen LogP contribution in [0, 0.1) is 0 Å². The molecule has 1 saturated heterocycles. The zero-order valence-electron chi connectivity index (χ0n) is 8.60. The average molecular weight is 226 g/mol. The van der Waals surface area contributed by atoms with Crippen LogP contribution in [0.2, 0.25) is 0 Å². The first-order valence-corrected chi connectivity index (χ1v) is 6.12. The normalized spacial score (nSPS) is 20.9. The number of thioether (sulfide) groups is 1. The van der Waals surface area contributed by atoms with Crippen molar-refractivity contribution >= 4 is 17.7 Å². The van der Waals surface area contributed by atoms with Crippen LogP contribution < -0.4 is 5.73 Å². The topological polar surface area (TPSA) is 59.5 Å². The molecular formula is C10H14N2O2S. The summed E-state index contributed by atoms with van der Waals surface area (Å²) in [6.07, 6.45) is 2.79. The summed E-state index contributed by atoms with van der Waals surface area (Å²) < 4.78 is 5.37. The van der Waals surface area contributed by atoms with Gasteiger partial charge in [-0.1, -0.05) is 11.8 Å². The van der Waals surface area contributed by atoms with Gasteiger partial charge in [-0.05, 0) is 24.8 Å². The standard InChI is InChI=1S/C10H14N2O2S/c1-15-9-3-2-8(14-9)10(13)12-5-4-7(11)6-12/h2-3,7H,4-6,11H2,1H3/t7-/m0/s1. The molecule has 2 N–H and O–H groups in total. The lowest BCUT2D eigenvalue weighted by Gasteiger charge is -2.13. The molecule has 0 bridgehead atoms. The number of rotatable bonds is 2. The Kier molecular flexibility index (Phi) is 3.02. The molecular weight excluding hydrogens is 212 g/mol. The molecule has 0 spiro atoms. The van der Waals surface area contributed by atoms with Gasteiger partial charge in [0.1, 0.15) is 0 Å². The Morgan fingerprint density at radius 1 is 1.67 bits per heavy atom. The van der Waals surface area contributed by atoms with Gasteiger partial charge in [0.05, 0.1) is 0 Å². The van der Waals surface area contributed by atoms with Crippen molar-refractivity contribution in [2.24, 2.45) is 5.73 Å². The Morgan fingerprint density at radius 3 is 3.00 bits per heavy atom. The fraction of sp³-hybridized carbons (Fsp3) is 0.500. The van der Waals surface area contributed by atoms with Crippen molar-refractivity contribution in [2.45, 2.75) is 17.6 Å². The van der Waals surface area contributed by atoms with Gasteiger partial charge >= 0.3 is 0 Å². The number of carbonyl (C=O) groups is 1. The van der Waals surface area contributed by atoms with E-state index in [0.717, 1.165) is 18.1 Å². The highest BCUT2D eigenvalue weighted by Gasteiger charge is 2.26. The Bertz CT molecular complexity index is 364. The molecule has 15 heavy (non-hydrogen) atoms. The summed E-state index contributed by atoms with van der Waals surface area (Å²) in [4.78, 5) is 13.6. The average Bonchev–Trinajstić information content (AvgIpc) is 2.84. The van der Waals surface area contributed by atoms with E-state index in [1.807, 2.05) is 12.3 Å². The molecule has 1 aliphatic heterocycles. The van der Waals surface area contributed by atoms with E-state index in [2.05, 4.69) is 0 Å². The van der Waals surface area contributed by atoms with Gasteiger partial charge in [-0.25, -0.2) is 0 Å². The number of nitrogens with two attached hydrogens (primary N) is 1. The van der Waals surface area contributed by atoms with Crippen LogP contribution in [0.15, 0.2) is 21.6 Å². The number of likely N-dealkylation sites (tertiary alicyclic amines) is 1. The van der Waals surface area contributed by atoms with Crippen molar-refractivity contribution in [1.82, 2.24) is 4.90 Å². The molecule has 82 valence electrons.